The lowest BCUT2D eigenvalue weighted by Crippen LogP contribution is -2.62. The number of likely N-dealkylation sites (tertiary alicyclic amines) is 1. The van der Waals surface area contributed by atoms with Crippen LogP contribution in [0.4, 0.5) is 0 Å². The second kappa shape index (κ2) is 9.16. The first-order chi connectivity index (χ1) is 12.1. The first-order valence-electron chi connectivity index (χ1n) is 10.9. The molecule has 3 rings (SSSR count). The van der Waals surface area contributed by atoms with E-state index in [2.05, 4.69) is 31.0 Å². The quantitative estimate of drug-likeness (QED) is 0.544. The van der Waals surface area contributed by atoms with Crippen LogP contribution < -0.4 is 5.32 Å². The number of ether oxygens (including phenoxy) is 1. The molecular formula is C21H40N2O2. The van der Waals surface area contributed by atoms with Gasteiger partial charge in [-0.05, 0) is 56.4 Å². The van der Waals surface area contributed by atoms with Crippen LogP contribution in [-0.4, -0.2) is 54.1 Å². The van der Waals surface area contributed by atoms with E-state index in [1.54, 1.807) is 0 Å². The fourth-order valence-electron chi connectivity index (χ4n) is 5.33. The van der Waals surface area contributed by atoms with Gasteiger partial charge in [0.2, 0.25) is 0 Å². The van der Waals surface area contributed by atoms with Gasteiger partial charge in [0.1, 0.15) is 6.23 Å². The summed E-state index contributed by atoms with van der Waals surface area (Å²) in [5.41, 5.74) is 0. The number of rotatable bonds is 7. The minimum absolute atomic E-state index is 0.213. The smallest absolute Gasteiger partial charge is 0.120 e. The van der Waals surface area contributed by atoms with Gasteiger partial charge in [-0.3, -0.25) is 10.2 Å². The second-order valence-corrected chi connectivity index (χ2v) is 9.08. The third-order valence-electron chi connectivity index (χ3n) is 7.06. The zero-order valence-corrected chi connectivity index (χ0v) is 16.6. The number of hydrogen-bond acceptors (Lipinski definition) is 4. The first-order valence-corrected chi connectivity index (χ1v) is 10.9. The molecule has 2 heterocycles. The van der Waals surface area contributed by atoms with Crippen LogP contribution in [0.25, 0.3) is 0 Å². The summed E-state index contributed by atoms with van der Waals surface area (Å²) in [7, 11) is 0. The van der Waals surface area contributed by atoms with E-state index < -0.39 is 6.23 Å². The molecule has 1 saturated carbocycles. The van der Waals surface area contributed by atoms with Crippen LogP contribution in [0, 0.1) is 17.8 Å². The highest BCUT2D eigenvalue weighted by molar-refractivity contribution is 4.95. The van der Waals surface area contributed by atoms with Crippen molar-refractivity contribution >= 4 is 0 Å². The lowest BCUT2D eigenvalue weighted by atomic mass is 9.74. The van der Waals surface area contributed by atoms with Crippen LogP contribution in [0.15, 0.2) is 0 Å². The number of aliphatic hydroxyl groups excluding tert-OH is 1. The molecule has 4 heteroatoms. The van der Waals surface area contributed by atoms with Crippen LogP contribution >= 0.6 is 0 Å². The molecule has 3 aliphatic rings. The summed E-state index contributed by atoms with van der Waals surface area (Å²) in [5, 5.41) is 14.3. The molecule has 2 bridgehead atoms. The molecule has 7 atom stereocenters. The molecule has 0 amide bonds. The van der Waals surface area contributed by atoms with Gasteiger partial charge in [0.05, 0.1) is 12.1 Å². The van der Waals surface area contributed by atoms with E-state index >= 15 is 0 Å². The summed E-state index contributed by atoms with van der Waals surface area (Å²) < 4.78 is 5.97. The third-order valence-corrected chi connectivity index (χ3v) is 7.06. The van der Waals surface area contributed by atoms with Crippen molar-refractivity contribution in [3.05, 3.63) is 0 Å². The maximum atomic E-state index is 10.9. The molecule has 4 nitrogen and oxygen atoms in total. The van der Waals surface area contributed by atoms with Crippen molar-refractivity contribution in [2.45, 2.75) is 96.6 Å². The molecule has 0 aromatic rings. The van der Waals surface area contributed by atoms with Gasteiger partial charge in [-0.25, -0.2) is 0 Å². The van der Waals surface area contributed by atoms with Gasteiger partial charge in [0.25, 0.3) is 0 Å². The fraction of sp³-hybridized carbons (Fsp3) is 1.00. The summed E-state index contributed by atoms with van der Waals surface area (Å²) >= 11 is 0. The number of piperidine rings is 1. The van der Waals surface area contributed by atoms with E-state index in [9.17, 15) is 5.11 Å². The topological polar surface area (TPSA) is 44.7 Å². The van der Waals surface area contributed by atoms with Gasteiger partial charge in [-0.15, -0.1) is 0 Å². The fourth-order valence-corrected chi connectivity index (χ4v) is 5.33. The summed E-state index contributed by atoms with van der Waals surface area (Å²) in [5.74, 6) is 2.47. The number of unbranched alkanes of at least 4 members (excludes halogenated alkanes) is 1. The Balaban J connectivity index is 1.67. The number of fused-ring (bicyclic) bond motifs is 2. The normalized spacial score (nSPS) is 40.8. The van der Waals surface area contributed by atoms with Crippen molar-refractivity contribution < 1.29 is 9.84 Å². The summed E-state index contributed by atoms with van der Waals surface area (Å²) in [6.07, 6.45) is 9.62. The molecule has 2 aliphatic heterocycles. The van der Waals surface area contributed by atoms with Gasteiger partial charge in [-0.2, -0.15) is 0 Å². The zero-order valence-electron chi connectivity index (χ0n) is 16.6. The Hall–Kier alpha value is -0.160. The second-order valence-electron chi connectivity index (χ2n) is 9.08. The number of hydrogen-bond donors (Lipinski definition) is 2. The minimum atomic E-state index is -0.421. The maximum absolute atomic E-state index is 10.9. The third kappa shape index (κ3) is 4.97. The van der Waals surface area contributed by atoms with Crippen molar-refractivity contribution in [2.75, 3.05) is 19.7 Å². The predicted molar refractivity (Wildman–Crippen MR) is 102 cm³/mol. The highest BCUT2D eigenvalue weighted by atomic mass is 16.5. The maximum Gasteiger partial charge on any atom is 0.120 e. The van der Waals surface area contributed by atoms with Crippen molar-refractivity contribution in [2.24, 2.45) is 17.8 Å². The average Bonchev–Trinajstić information content (AvgIpc) is 2.60. The van der Waals surface area contributed by atoms with Gasteiger partial charge < -0.3 is 9.84 Å². The molecule has 146 valence electrons. The van der Waals surface area contributed by atoms with E-state index in [1.165, 1.54) is 32.2 Å². The Morgan fingerprint density at radius 1 is 1.16 bits per heavy atom. The lowest BCUT2D eigenvalue weighted by molar-refractivity contribution is -0.125. The van der Waals surface area contributed by atoms with Crippen LogP contribution in [0.5, 0.6) is 0 Å². The van der Waals surface area contributed by atoms with Gasteiger partial charge in [0.15, 0.2) is 0 Å². The molecule has 1 aliphatic carbocycles. The molecule has 2 N–H and O–H groups in total. The lowest BCUT2D eigenvalue weighted by Gasteiger charge is -2.51. The molecule has 0 aromatic carbocycles. The molecule has 2 saturated heterocycles. The van der Waals surface area contributed by atoms with Crippen molar-refractivity contribution in [3.63, 3.8) is 0 Å². The first kappa shape index (κ1) is 19.6. The standard InChI is InChI=1S/C21H40N2O2/c1-4-5-9-22-21(24)20-13-19-12-18(8-10-25-19)23(20)14-17-11-15(2)6-7-16(17)3/h15-22,24H,4-14H2,1-3H3. The molecule has 25 heavy (non-hydrogen) atoms. The monoisotopic (exact) mass is 352 g/mol. The van der Waals surface area contributed by atoms with Gasteiger partial charge >= 0.3 is 0 Å². The highest BCUT2D eigenvalue weighted by Gasteiger charge is 2.43. The Bertz CT molecular complexity index is 405. The molecule has 0 aromatic heterocycles. The van der Waals surface area contributed by atoms with Gasteiger partial charge in [0, 0.05) is 19.2 Å². The van der Waals surface area contributed by atoms with Crippen molar-refractivity contribution in [1.82, 2.24) is 10.2 Å². The molecule has 0 spiro atoms. The summed E-state index contributed by atoms with van der Waals surface area (Å²) in [6, 6.07) is 0.815. The summed E-state index contributed by atoms with van der Waals surface area (Å²) in [6.45, 7) is 10.0. The largest absolute Gasteiger partial charge is 0.378 e. The minimum Gasteiger partial charge on any atom is -0.378 e. The molecule has 7 unspecified atom stereocenters. The van der Waals surface area contributed by atoms with Crippen LogP contribution in [0.2, 0.25) is 0 Å². The van der Waals surface area contributed by atoms with E-state index in [4.69, 9.17) is 4.74 Å². The van der Waals surface area contributed by atoms with Crippen LogP contribution in [0.3, 0.4) is 0 Å². The van der Waals surface area contributed by atoms with Gasteiger partial charge in [-0.1, -0.05) is 40.0 Å². The predicted octanol–water partition coefficient (Wildman–Crippen LogP) is 3.39. The SMILES string of the molecule is CCCCNC(O)C1CC2CC(CCO2)N1CC1CC(C)CCC1C. The molecule has 0 radical (unpaired) electrons. The van der Waals surface area contributed by atoms with Crippen molar-refractivity contribution in [1.29, 1.82) is 0 Å². The molecular weight excluding hydrogens is 312 g/mol. The van der Waals surface area contributed by atoms with Crippen molar-refractivity contribution in [3.8, 4) is 0 Å². The Morgan fingerprint density at radius 2 is 2.00 bits per heavy atom. The number of nitrogens with one attached hydrogen (secondary N) is 1. The van der Waals surface area contributed by atoms with E-state index in [1.807, 2.05) is 0 Å². The summed E-state index contributed by atoms with van der Waals surface area (Å²) in [4.78, 5) is 2.68. The Morgan fingerprint density at radius 3 is 2.80 bits per heavy atom. The average molecular weight is 353 g/mol. The van der Waals surface area contributed by atoms with E-state index in [0.717, 1.165) is 56.6 Å². The van der Waals surface area contributed by atoms with Crippen LogP contribution in [0.1, 0.15) is 72.1 Å². The number of aliphatic hydroxyl groups is 1. The Kier molecular flexibility index (Phi) is 7.18. The van der Waals surface area contributed by atoms with E-state index in [-0.39, 0.29) is 6.04 Å². The van der Waals surface area contributed by atoms with Crippen LogP contribution in [-0.2, 0) is 4.74 Å². The zero-order chi connectivity index (χ0) is 17.8. The number of nitrogens with zero attached hydrogens (tertiary/aromatic N) is 1. The molecule has 3 fully saturated rings. The Labute approximate surface area is 154 Å². The highest BCUT2D eigenvalue weighted by Crippen LogP contribution is 2.38. The van der Waals surface area contributed by atoms with E-state index in [0.29, 0.717) is 12.1 Å².